The zero-order valence-corrected chi connectivity index (χ0v) is 12.3. The maximum atomic E-state index is 12.3. The second-order valence-electron chi connectivity index (χ2n) is 6.02. The third-order valence-corrected chi connectivity index (χ3v) is 4.18. The molecular formula is C17H22N2O. The van der Waals surface area contributed by atoms with Crippen molar-refractivity contribution < 1.29 is 0 Å². The predicted octanol–water partition coefficient (Wildman–Crippen LogP) is 3.64. The Morgan fingerprint density at radius 3 is 2.55 bits per heavy atom. The molecule has 1 fully saturated rings. The normalized spacial score (nSPS) is 16.1. The highest BCUT2D eigenvalue weighted by Gasteiger charge is 2.12. The quantitative estimate of drug-likeness (QED) is 0.904. The number of hydrogen-bond donors (Lipinski definition) is 1. The van der Waals surface area contributed by atoms with Gasteiger partial charge in [-0.15, -0.1) is 0 Å². The van der Waals surface area contributed by atoms with Gasteiger partial charge in [0.1, 0.15) is 0 Å². The fraction of sp³-hybridized carbons (Fsp3) is 0.471. The minimum atomic E-state index is 0.126. The van der Waals surface area contributed by atoms with E-state index in [2.05, 4.69) is 29.8 Å². The average Bonchev–Trinajstić information content (AvgIpc) is 2.47. The van der Waals surface area contributed by atoms with E-state index >= 15 is 0 Å². The monoisotopic (exact) mass is 270 g/mol. The van der Waals surface area contributed by atoms with Crippen LogP contribution in [0, 0.1) is 0 Å². The van der Waals surface area contributed by atoms with Gasteiger partial charge in [-0.3, -0.25) is 4.79 Å². The van der Waals surface area contributed by atoms with E-state index in [1.54, 1.807) is 6.07 Å². The number of fused-ring (bicyclic) bond motifs is 1. The number of nitrogens with one attached hydrogen (secondary N) is 1. The van der Waals surface area contributed by atoms with Crippen LogP contribution in [0.2, 0.25) is 0 Å². The Morgan fingerprint density at radius 1 is 1.10 bits per heavy atom. The molecule has 0 radical (unpaired) electrons. The van der Waals surface area contributed by atoms with Crippen LogP contribution in [0.4, 0.5) is 5.69 Å². The minimum Gasteiger partial charge on any atom is -0.372 e. The average molecular weight is 270 g/mol. The van der Waals surface area contributed by atoms with Crippen molar-refractivity contribution in [3.63, 3.8) is 0 Å². The van der Waals surface area contributed by atoms with Crippen LogP contribution in [0.15, 0.2) is 29.1 Å². The predicted molar refractivity (Wildman–Crippen MR) is 84.7 cm³/mol. The molecule has 0 bridgehead atoms. The first kappa shape index (κ1) is 13.2. The summed E-state index contributed by atoms with van der Waals surface area (Å²) in [6, 6.07) is 7.97. The van der Waals surface area contributed by atoms with E-state index in [-0.39, 0.29) is 5.43 Å². The van der Waals surface area contributed by atoms with Crippen LogP contribution in [0.25, 0.3) is 10.9 Å². The largest absolute Gasteiger partial charge is 0.372 e. The molecule has 1 aliphatic heterocycles. The van der Waals surface area contributed by atoms with Gasteiger partial charge < -0.3 is 9.88 Å². The number of benzene rings is 1. The number of aromatic nitrogens is 1. The second-order valence-corrected chi connectivity index (χ2v) is 6.02. The lowest BCUT2D eigenvalue weighted by Gasteiger charge is -2.29. The number of pyridine rings is 1. The molecule has 2 heterocycles. The number of H-pyrrole nitrogens is 1. The van der Waals surface area contributed by atoms with Gasteiger partial charge in [0.25, 0.3) is 0 Å². The van der Waals surface area contributed by atoms with Gasteiger partial charge in [-0.25, -0.2) is 0 Å². The number of aromatic amines is 1. The maximum absolute atomic E-state index is 12.3. The van der Waals surface area contributed by atoms with Crippen LogP contribution >= 0.6 is 0 Å². The zero-order chi connectivity index (χ0) is 14.1. The van der Waals surface area contributed by atoms with Crippen LogP contribution in [0.1, 0.15) is 44.7 Å². The minimum absolute atomic E-state index is 0.126. The van der Waals surface area contributed by atoms with E-state index in [1.807, 2.05) is 12.1 Å². The highest BCUT2D eigenvalue weighted by molar-refractivity contribution is 5.82. The molecule has 0 atom stereocenters. The Balaban J connectivity index is 2.05. The van der Waals surface area contributed by atoms with E-state index in [0.29, 0.717) is 5.92 Å². The van der Waals surface area contributed by atoms with Gasteiger partial charge in [-0.2, -0.15) is 0 Å². The Labute approximate surface area is 119 Å². The lowest BCUT2D eigenvalue weighted by molar-refractivity contribution is 0.578. The molecule has 106 valence electrons. The van der Waals surface area contributed by atoms with Gasteiger partial charge in [-0.05, 0) is 43.4 Å². The van der Waals surface area contributed by atoms with Gasteiger partial charge in [-0.1, -0.05) is 13.8 Å². The standard InChI is InChI=1S/C17H22N2O/c1-12(2)16-11-17(20)14-10-13(6-7-15(14)18-16)19-8-4-3-5-9-19/h6-7,10-12H,3-5,8-9H2,1-2H3,(H,18,20). The number of piperidine rings is 1. The lowest BCUT2D eigenvalue weighted by Crippen LogP contribution is -2.29. The summed E-state index contributed by atoms with van der Waals surface area (Å²) in [4.78, 5) is 18.1. The Bertz CT molecular complexity index is 666. The molecule has 0 unspecified atom stereocenters. The summed E-state index contributed by atoms with van der Waals surface area (Å²) in [5.74, 6) is 0.342. The molecule has 1 saturated heterocycles. The molecule has 0 saturated carbocycles. The van der Waals surface area contributed by atoms with Crippen molar-refractivity contribution in [3.8, 4) is 0 Å². The van der Waals surface area contributed by atoms with E-state index in [1.165, 1.54) is 24.9 Å². The summed E-state index contributed by atoms with van der Waals surface area (Å²) in [6.45, 7) is 6.40. The van der Waals surface area contributed by atoms with Crippen LogP contribution in [0.5, 0.6) is 0 Å². The highest BCUT2D eigenvalue weighted by Crippen LogP contribution is 2.23. The van der Waals surface area contributed by atoms with Crippen LogP contribution in [-0.2, 0) is 0 Å². The molecular weight excluding hydrogens is 248 g/mol. The van der Waals surface area contributed by atoms with Gasteiger partial charge in [0.05, 0.1) is 0 Å². The third kappa shape index (κ3) is 2.45. The lowest BCUT2D eigenvalue weighted by atomic mass is 10.1. The fourth-order valence-electron chi connectivity index (χ4n) is 2.92. The molecule has 0 spiro atoms. The first-order valence-corrected chi connectivity index (χ1v) is 7.57. The molecule has 20 heavy (non-hydrogen) atoms. The van der Waals surface area contributed by atoms with Crippen molar-refractivity contribution in [2.24, 2.45) is 0 Å². The number of anilines is 1. The summed E-state index contributed by atoms with van der Waals surface area (Å²) in [6.07, 6.45) is 3.82. The van der Waals surface area contributed by atoms with Crippen LogP contribution in [-0.4, -0.2) is 18.1 Å². The second kappa shape index (κ2) is 5.31. The topological polar surface area (TPSA) is 36.1 Å². The van der Waals surface area contributed by atoms with E-state index in [4.69, 9.17) is 0 Å². The van der Waals surface area contributed by atoms with Crippen molar-refractivity contribution in [2.45, 2.75) is 39.0 Å². The fourth-order valence-corrected chi connectivity index (χ4v) is 2.92. The highest BCUT2D eigenvalue weighted by atomic mass is 16.1. The molecule has 2 aromatic rings. The molecule has 1 aromatic heterocycles. The van der Waals surface area contributed by atoms with Gasteiger partial charge in [0.2, 0.25) is 0 Å². The summed E-state index contributed by atoms with van der Waals surface area (Å²) < 4.78 is 0. The number of rotatable bonds is 2. The van der Waals surface area contributed by atoms with Crippen molar-refractivity contribution >= 4 is 16.6 Å². The molecule has 3 nitrogen and oxygen atoms in total. The smallest absolute Gasteiger partial charge is 0.189 e. The number of hydrogen-bond acceptors (Lipinski definition) is 2. The first-order valence-electron chi connectivity index (χ1n) is 7.57. The van der Waals surface area contributed by atoms with Crippen LogP contribution in [0.3, 0.4) is 0 Å². The molecule has 1 aromatic carbocycles. The van der Waals surface area contributed by atoms with E-state index in [0.717, 1.165) is 29.7 Å². The van der Waals surface area contributed by atoms with E-state index in [9.17, 15) is 4.79 Å². The number of nitrogens with zero attached hydrogens (tertiary/aromatic N) is 1. The van der Waals surface area contributed by atoms with E-state index < -0.39 is 0 Å². The zero-order valence-electron chi connectivity index (χ0n) is 12.3. The van der Waals surface area contributed by atoms with Crippen LogP contribution < -0.4 is 10.3 Å². The Hall–Kier alpha value is -1.77. The molecule has 0 amide bonds. The molecule has 0 aliphatic carbocycles. The molecule has 1 aliphatic rings. The molecule has 1 N–H and O–H groups in total. The SMILES string of the molecule is CC(C)c1cc(=O)c2cc(N3CCCCC3)ccc2[nH]1. The molecule has 3 rings (SSSR count). The summed E-state index contributed by atoms with van der Waals surface area (Å²) >= 11 is 0. The Morgan fingerprint density at radius 2 is 1.85 bits per heavy atom. The van der Waals surface area contributed by atoms with Crippen molar-refractivity contribution in [3.05, 3.63) is 40.2 Å². The van der Waals surface area contributed by atoms with Gasteiger partial charge in [0.15, 0.2) is 5.43 Å². The van der Waals surface area contributed by atoms with Crippen molar-refractivity contribution in [1.29, 1.82) is 0 Å². The third-order valence-electron chi connectivity index (χ3n) is 4.18. The van der Waals surface area contributed by atoms with Crippen molar-refractivity contribution in [1.82, 2.24) is 4.98 Å². The molecule has 3 heteroatoms. The Kier molecular flexibility index (Phi) is 3.51. The summed E-state index contributed by atoms with van der Waals surface area (Å²) in [7, 11) is 0. The van der Waals surface area contributed by atoms with Gasteiger partial charge >= 0.3 is 0 Å². The van der Waals surface area contributed by atoms with Crippen molar-refractivity contribution in [2.75, 3.05) is 18.0 Å². The maximum Gasteiger partial charge on any atom is 0.189 e. The first-order chi connectivity index (χ1) is 9.65. The summed E-state index contributed by atoms with van der Waals surface area (Å²) in [5.41, 5.74) is 3.26. The van der Waals surface area contributed by atoms with Gasteiger partial charge in [0, 0.05) is 41.4 Å². The summed E-state index contributed by atoms with van der Waals surface area (Å²) in [5, 5.41) is 0.803.